The Bertz CT molecular complexity index is 532. The fourth-order valence-corrected chi connectivity index (χ4v) is 5.68. The molecule has 0 aliphatic heterocycles. The van der Waals surface area contributed by atoms with Crippen LogP contribution >= 0.6 is 11.3 Å². The van der Waals surface area contributed by atoms with Gasteiger partial charge in [-0.2, -0.15) is 0 Å². The molecule has 1 aromatic heterocycles. The Kier molecular flexibility index (Phi) is 3.08. The fraction of sp³-hybridized carbons (Fsp3) is 0.538. The highest BCUT2D eigenvalue weighted by Gasteiger charge is 2.42. The summed E-state index contributed by atoms with van der Waals surface area (Å²) < 4.78 is 27.8. The van der Waals surface area contributed by atoms with E-state index in [1.54, 1.807) is 17.5 Å². The van der Waals surface area contributed by atoms with Gasteiger partial charge in [0.2, 0.25) is 10.0 Å². The molecule has 2 aliphatic carbocycles. The van der Waals surface area contributed by atoms with Gasteiger partial charge in [0, 0.05) is 6.04 Å². The third-order valence-corrected chi connectivity index (χ3v) is 6.93. The lowest BCUT2D eigenvalue weighted by molar-refractivity contribution is 0.332. The highest BCUT2D eigenvalue weighted by Crippen LogP contribution is 2.44. The largest absolute Gasteiger partial charge is 0.250 e. The third kappa shape index (κ3) is 2.15. The molecule has 2 atom stereocenters. The lowest BCUT2D eigenvalue weighted by atomic mass is 9.82. The number of rotatable bonds is 3. The predicted octanol–water partition coefficient (Wildman–Crippen LogP) is 2.77. The third-order valence-electron chi connectivity index (χ3n) is 4.08. The zero-order valence-corrected chi connectivity index (χ0v) is 11.8. The maximum atomic E-state index is 12.2. The molecule has 3 nitrogen and oxygen atoms in total. The Labute approximate surface area is 112 Å². The molecular weight excluding hydrogens is 266 g/mol. The van der Waals surface area contributed by atoms with Crippen LogP contribution in [0.25, 0.3) is 0 Å². The number of thiophene rings is 1. The smallest absolute Gasteiger partial charge is 0.207 e. The SMILES string of the molecule is C=C1CC2CCC(C1)C2NS(=O)(=O)c1cccs1. The first-order chi connectivity index (χ1) is 8.56. The molecule has 2 fully saturated rings. The van der Waals surface area contributed by atoms with E-state index in [0.717, 1.165) is 25.7 Å². The molecule has 1 aromatic rings. The van der Waals surface area contributed by atoms with Gasteiger partial charge in [-0.05, 0) is 49.0 Å². The van der Waals surface area contributed by atoms with Crippen molar-refractivity contribution >= 4 is 21.4 Å². The minimum absolute atomic E-state index is 0.114. The summed E-state index contributed by atoms with van der Waals surface area (Å²) in [6.07, 6.45) is 4.21. The molecule has 0 saturated heterocycles. The van der Waals surface area contributed by atoms with E-state index in [2.05, 4.69) is 11.3 Å². The van der Waals surface area contributed by atoms with E-state index in [0.29, 0.717) is 16.0 Å². The van der Waals surface area contributed by atoms with Crippen molar-refractivity contribution in [3.8, 4) is 0 Å². The first-order valence-corrected chi connectivity index (χ1v) is 8.65. The summed E-state index contributed by atoms with van der Waals surface area (Å²) in [7, 11) is -3.32. The maximum Gasteiger partial charge on any atom is 0.250 e. The molecule has 2 saturated carbocycles. The summed E-state index contributed by atoms with van der Waals surface area (Å²) in [5.41, 5.74) is 1.29. The Balaban J connectivity index is 1.80. The first kappa shape index (κ1) is 12.4. The van der Waals surface area contributed by atoms with Crippen LogP contribution in [-0.4, -0.2) is 14.5 Å². The van der Waals surface area contributed by atoms with Crippen LogP contribution in [0.1, 0.15) is 25.7 Å². The average molecular weight is 283 g/mol. The van der Waals surface area contributed by atoms with E-state index >= 15 is 0 Å². The van der Waals surface area contributed by atoms with Gasteiger partial charge in [0.05, 0.1) is 0 Å². The number of fused-ring (bicyclic) bond motifs is 2. The molecule has 1 heterocycles. The normalized spacial score (nSPS) is 31.8. The molecule has 3 rings (SSSR count). The first-order valence-electron chi connectivity index (χ1n) is 6.29. The number of allylic oxidation sites excluding steroid dienone is 1. The number of nitrogens with one attached hydrogen (secondary N) is 1. The van der Waals surface area contributed by atoms with E-state index in [1.807, 2.05) is 0 Å². The standard InChI is InChI=1S/C13H17NO2S2/c1-9-7-10-4-5-11(8-9)13(10)14-18(15,16)12-3-2-6-17-12/h2-3,6,10-11,13-14H,1,4-5,7-8H2. The van der Waals surface area contributed by atoms with Crippen LogP contribution in [0.2, 0.25) is 0 Å². The highest BCUT2D eigenvalue weighted by atomic mass is 32.2. The summed E-state index contributed by atoms with van der Waals surface area (Å²) in [6.45, 7) is 4.06. The van der Waals surface area contributed by atoms with Crippen molar-refractivity contribution in [3.05, 3.63) is 29.7 Å². The second-order valence-electron chi connectivity index (χ2n) is 5.33. The molecule has 1 N–H and O–H groups in total. The minimum Gasteiger partial charge on any atom is -0.207 e. The van der Waals surface area contributed by atoms with Crippen LogP contribution in [0.5, 0.6) is 0 Å². The average Bonchev–Trinajstić information content (AvgIpc) is 2.89. The van der Waals surface area contributed by atoms with Crippen molar-refractivity contribution in [2.24, 2.45) is 11.8 Å². The summed E-state index contributed by atoms with van der Waals surface area (Å²) in [5, 5.41) is 1.80. The second kappa shape index (κ2) is 4.47. The minimum atomic E-state index is -3.32. The molecule has 0 radical (unpaired) electrons. The van der Waals surface area contributed by atoms with Crippen LogP contribution in [0, 0.1) is 11.8 Å². The van der Waals surface area contributed by atoms with Crippen molar-refractivity contribution in [2.75, 3.05) is 0 Å². The summed E-state index contributed by atoms with van der Waals surface area (Å²) in [4.78, 5) is 0. The van der Waals surface area contributed by atoms with Gasteiger partial charge in [-0.15, -0.1) is 11.3 Å². The zero-order valence-electron chi connectivity index (χ0n) is 10.1. The molecule has 2 bridgehead atoms. The van der Waals surface area contributed by atoms with Crippen molar-refractivity contribution in [3.63, 3.8) is 0 Å². The van der Waals surface area contributed by atoms with Crippen LogP contribution in [-0.2, 0) is 10.0 Å². The summed E-state index contributed by atoms with van der Waals surface area (Å²) >= 11 is 1.27. The van der Waals surface area contributed by atoms with Gasteiger partial charge in [-0.1, -0.05) is 18.2 Å². The zero-order chi connectivity index (χ0) is 12.8. The fourth-order valence-electron chi connectivity index (χ4n) is 3.30. The van der Waals surface area contributed by atoms with Gasteiger partial charge in [0.1, 0.15) is 4.21 Å². The van der Waals surface area contributed by atoms with Crippen LogP contribution in [0.3, 0.4) is 0 Å². The van der Waals surface area contributed by atoms with Crippen molar-refractivity contribution in [1.29, 1.82) is 0 Å². The lowest BCUT2D eigenvalue weighted by Crippen LogP contribution is -2.43. The number of sulfonamides is 1. The Hall–Kier alpha value is -0.650. The van der Waals surface area contributed by atoms with Crippen LogP contribution in [0.4, 0.5) is 0 Å². The monoisotopic (exact) mass is 283 g/mol. The number of hydrogen-bond donors (Lipinski definition) is 1. The molecule has 98 valence electrons. The van der Waals surface area contributed by atoms with E-state index in [4.69, 9.17) is 0 Å². The number of hydrogen-bond acceptors (Lipinski definition) is 3. The van der Waals surface area contributed by atoms with E-state index in [1.165, 1.54) is 16.9 Å². The molecular formula is C13H17NO2S2. The van der Waals surface area contributed by atoms with Crippen LogP contribution in [0.15, 0.2) is 33.9 Å². The van der Waals surface area contributed by atoms with Crippen molar-refractivity contribution in [2.45, 2.75) is 35.9 Å². The Morgan fingerprint density at radius 3 is 2.50 bits per heavy atom. The molecule has 2 unspecified atom stereocenters. The van der Waals surface area contributed by atoms with Gasteiger partial charge in [0.15, 0.2) is 0 Å². The van der Waals surface area contributed by atoms with E-state index in [9.17, 15) is 8.42 Å². The van der Waals surface area contributed by atoms with Gasteiger partial charge < -0.3 is 0 Å². The molecule has 0 spiro atoms. The lowest BCUT2D eigenvalue weighted by Gasteiger charge is -2.31. The Morgan fingerprint density at radius 2 is 1.94 bits per heavy atom. The van der Waals surface area contributed by atoms with Gasteiger partial charge in [0.25, 0.3) is 0 Å². The predicted molar refractivity (Wildman–Crippen MR) is 73.0 cm³/mol. The van der Waals surface area contributed by atoms with Crippen LogP contribution < -0.4 is 4.72 Å². The Morgan fingerprint density at radius 1 is 1.28 bits per heavy atom. The van der Waals surface area contributed by atoms with E-state index < -0.39 is 10.0 Å². The summed E-state index contributed by atoms with van der Waals surface area (Å²) in [6, 6.07) is 3.55. The molecule has 0 aromatic carbocycles. The van der Waals surface area contributed by atoms with E-state index in [-0.39, 0.29) is 6.04 Å². The maximum absolute atomic E-state index is 12.2. The highest BCUT2D eigenvalue weighted by molar-refractivity contribution is 7.91. The summed E-state index contributed by atoms with van der Waals surface area (Å²) in [5.74, 6) is 0.900. The van der Waals surface area contributed by atoms with Crippen molar-refractivity contribution in [1.82, 2.24) is 4.72 Å². The molecule has 18 heavy (non-hydrogen) atoms. The van der Waals surface area contributed by atoms with Gasteiger partial charge in [-0.3, -0.25) is 0 Å². The molecule has 5 heteroatoms. The topological polar surface area (TPSA) is 46.2 Å². The molecule has 0 amide bonds. The quantitative estimate of drug-likeness (QED) is 0.867. The molecule has 2 aliphatic rings. The van der Waals surface area contributed by atoms with Gasteiger partial charge in [-0.25, -0.2) is 13.1 Å². The van der Waals surface area contributed by atoms with Gasteiger partial charge >= 0.3 is 0 Å². The van der Waals surface area contributed by atoms with Crippen molar-refractivity contribution < 1.29 is 8.42 Å². The second-order valence-corrected chi connectivity index (χ2v) is 8.22.